The molecule has 0 spiro atoms. The molecular weight excluding hydrogens is 180 g/mol. The van der Waals surface area contributed by atoms with Crippen molar-refractivity contribution >= 4 is 33.9 Å². The molecule has 0 unspecified atom stereocenters. The first-order valence-electron chi connectivity index (χ1n) is 1.69. The SMILES string of the molecule is O=C(S)OCCBr. The fourth-order valence-corrected chi connectivity index (χ4v) is 0.379. The number of carbonyl (C=O) groups is 1. The second-order valence-corrected chi connectivity index (χ2v) is 1.96. The van der Waals surface area contributed by atoms with Crippen molar-refractivity contribution in [2.24, 2.45) is 0 Å². The minimum Gasteiger partial charge on any atom is -0.457 e. The molecule has 0 aromatic rings. The molecular formula is C3H5BrO2S. The molecule has 0 radical (unpaired) electrons. The van der Waals surface area contributed by atoms with Gasteiger partial charge in [-0.1, -0.05) is 28.6 Å². The van der Waals surface area contributed by atoms with E-state index < -0.39 is 5.30 Å². The predicted molar refractivity (Wildman–Crippen MR) is 34.1 cm³/mol. The molecule has 4 heteroatoms. The van der Waals surface area contributed by atoms with Crippen LogP contribution in [-0.2, 0) is 4.74 Å². The molecule has 0 rings (SSSR count). The summed E-state index contributed by atoms with van der Waals surface area (Å²) in [5.41, 5.74) is 0. The quantitative estimate of drug-likeness (QED) is 0.400. The highest BCUT2D eigenvalue weighted by Gasteiger charge is 1.87. The molecule has 0 N–H and O–H groups in total. The Morgan fingerprint density at radius 3 is 2.57 bits per heavy atom. The van der Waals surface area contributed by atoms with Gasteiger partial charge in [0.2, 0.25) is 0 Å². The minimum atomic E-state index is -0.528. The highest BCUT2D eigenvalue weighted by Crippen LogP contribution is 1.86. The third-order valence-electron chi connectivity index (χ3n) is 0.303. The van der Waals surface area contributed by atoms with E-state index in [4.69, 9.17) is 0 Å². The molecule has 0 aromatic carbocycles. The molecule has 0 aliphatic carbocycles. The summed E-state index contributed by atoms with van der Waals surface area (Å²) in [5.74, 6) is 0. The molecule has 7 heavy (non-hydrogen) atoms. The normalized spacial score (nSPS) is 8.29. The Hall–Kier alpha value is 0.300. The number of hydrogen-bond donors (Lipinski definition) is 1. The van der Waals surface area contributed by atoms with E-state index >= 15 is 0 Å². The summed E-state index contributed by atoms with van der Waals surface area (Å²) in [6, 6.07) is 0. The van der Waals surface area contributed by atoms with Crippen LogP contribution >= 0.6 is 28.6 Å². The zero-order chi connectivity index (χ0) is 5.70. The van der Waals surface area contributed by atoms with E-state index in [-0.39, 0.29) is 0 Å². The van der Waals surface area contributed by atoms with Gasteiger partial charge >= 0.3 is 5.30 Å². The van der Waals surface area contributed by atoms with Gasteiger partial charge in [0.05, 0.1) is 0 Å². The summed E-state index contributed by atoms with van der Waals surface area (Å²) in [4.78, 5) is 9.82. The van der Waals surface area contributed by atoms with Crippen LogP contribution in [-0.4, -0.2) is 17.2 Å². The summed E-state index contributed by atoms with van der Waals surface area (Å²) in [7, 11) is 0. The van der Waals surface area contributed by atoms with Gasteiger partial charge in [0.1, 0.15) is 6.61 Å². The van der Waals surface area contributed by atoms with Crippen LogP contribution in [0.2, 0.25) is 0 Å². The van der Waals surface area contributed by atoms with Crippen LogP contribution in [0, 0.1) is 0 Å². The zero-order valence-corrected chi connectivity index (χ0v) is 6.04. The summed E-state index contributed by atoms with van der Waals surface area (Å²) in [6.07, 6.45) is 0. The van der Waals surface area contributed by atoms with E-state index in [1.54, 1.807) is 0 Å². The van der Waals surface area contributed by atoms with Gasteiger partial charge in [0, 0.05) is 5.33 Å². The lowest BCUT2D eigenvalue weighted by Gasteiger charge is -1.91. The maximum absolute atomic E-state index is 9.82. The standard InChI is InChI=1S/C3H5BrO2S/c4-1-2-6-3(5)7/h1-2H2,(H,5,7). The maximum Gasteiger partial charge on any atom is 0.364 e. The van der Waals surface area contributed by atoms with Crippen LogP contribution in [0.1, 0.15) is 0 Å². The van der Waals surface area contributed by atoms with Gasteiger partial charge in [-0.25, -0.2) is 4.79 Å². The molecule has 0 saturated carbocycles. The van der Waals surface area contributed by atoms with Gasteiger partial charge in [-0.15, -0.1) is 0 Å². The van der Waals surface area contributed by atoms with Crippen molar-refractivity contribution < 1.29 is 9.53 Å². The van der Waals surface area contributed by atoms with Crippen molar-refractivity contribution in [3.63, 3.8) is 0 Å². The summed E-state index contributed by atoms with van der Waals surface area (Å²) in [5, 5.41) is 0.138. The Labute approximate surface area is 55.8 Å². The van der Waals surface area contributed by atoms with E-state index in [0.717, 1.165) is 0 Å². The Morgan fingerprint density at radius 2 is 2.43 bits per heavy atom. The highest BCUT2D eigenvalue weighted by atomic mass is 79.9. The predicted octanol–water partition coefficient (Wildman–Crippen LogP) is 1.45. The summed E-state index contributed by atoms with van der Waals surface area (Å²) in [6.45, 7) is 0.391. The molecule has 0 atom stereocenters. The Kier molecular flexibility index (Phi) is 4.65. The van der Waals surface area contributed by atoms with E-state index in [0.29, 0.717) is 11.9 Å². The molecule has 0 heterocycles. The summed E-state index contributed by atoms with van der Waals surface area (Å²) < 4.78 is 4.37. The third kappa shape index (κ3) is 6.30. The smallest absolute Gasteiger partial charge is 0.364 e. The molecule has 0 bridgehead atoms. The highest BCUT2D eigenvalue weighted by molar-refractivity contribution is 9.09. The van der Waals surface area contributed by atoms with Crippen LogP contribution < -0.4 is 0 Å². The van der Waals surface area contributed by atoms with E-state index in [2.05, 4.69) is 33.3 Å². The lowest BCUT2D eigenvalue weighted by atomic mass is 10.9. The van der Waals surface area contributed by atoms with Crippen molar-refractivity contribution in [2.45, 2.75) is 0 Å². The Bertz CT molecular complexity index is 66.0. The topological polar surface area (TPSA) is 26.3 Å². The third-order valence-corrected chi connectivity index (χ3v) is 0.756. The van der Waals surface area contributed by atoms with E-state index in [1.165, 1.54) is 0 Å². The first-order valence-corrected chi connectivity index (χ1v) is 3.26. The first kappa shape index (κ1) is 7.30. The number of hydrogen-bond acceptors (Lipinski definition) is 2. The van der Waals surface area contributed by atoms with Crippen LogP contribution in [0.15, 0.2) is 0 Å². The first-order chi connectivity index (χ1) is 3.27. The average Bonchev–Trinajstić information content (AvgIpc) is 1.61. The van der Waals surface area contributed by atoms with Crippen molar-refractivity contribution in [3.8, 4) is 0 Å². The second-order valence-electron chi connectivity index (χ2n) is 0.803. The maximum atomic E-state index is 9.82. The van der Waals surface area contributed by atoms with Crippen molar-refractivity contribution in [1.82, 2.24) is 0 Å². The van der Waals surface area contributed by atoms with Crippen molar-refractivity contribution in [2.75, 3.05) is 11.9 Å². The largest absolute Gasteiger partial charge is 0.457 e. The van der Waals surface area contributed by atoms with Crippen molar-refractivity contribution in [1.29, 1.82) is 0 Å². The number of halogens is 1. The number of ether oxygens (including phenoxy) is 1. The molecule has 0 aliphatic heterocycles. The number of carbonyl (C=O) groups excluding carboxylic acids is 1. The lowest BCUT2D eigenvalue weighted by Crippen LogP contribution is -1.95. The number of thiol groups is 1. The molecule has 0 amide bonds. The Morgan fingerprint density at radius 1 is 1.86 bits per heavy atom. The van der Waals surface area contributed by atoms with Crippen LogP contribution in [0.25, 0.3) is 0 Å². The zero-order valence-electron chi connectivity index (χ0n) is 3.56. The molecule has 2 nitrogen and oxygen atoms in total. The van der Waals surface area contributed by atoms with Gasteiger partial charge in [-0.3, -0.25) is 0 Å². The van der Waals surface area contributed by atoms with Crippen LogP contribution in [0.3, 0.4) is 0 Å². The monoisotopic (exact) mass is 184 g/mol. The van der Waals surface area contributed by atoms with Gasteiger partial charge in [-0.05, 0) is 0 Å². The fraction of sp³-hybridized carbons (Fsp3) is 0.667. The van der Waals surface area contributed by atoms with Gasteiger partial charge in [-0.2, -0.15) is 0 Å². The Balaban J connectivity index is 2.82. The molecule has 42 valence electrons. The minimum absolute atomic E-state index is 0.391. The van der Waals surface area contributed by atoms with Gasteiger partial charge in [0.25, 0.3) is 0 Å². The van der Waals surface area contributed by atoms with Crippen molar-refractivity contribution in [3.05, 3.63) is 0 Å². The lowest BCUT2D eigenvalue weighted by molar-refractivity contribution is 0.183. The summed E-state index contributed by atoms with van der Waals surface area (Å²) >= 11 is 6.42. The average molecular weight is 185 g/mol. The number of rotatable bonds is 2. The van der Waals surface area contributed by atoms with E-state index in [9.17, 15) is 4.79 Å². The van der Waals surface area contributed by atoms with Gasteiger partial charge in [0.15, 0.2) is 0 Å². The molecule has 0 aliphatic rings. The van der Waals surface area contributed by atoms with Crippen LogP contribution in [0.4, 0.5) is 4.79 Å². The molecule has 0 aromatic heterocycles. The fourth-order valence-electron chi connectivity index (χ4n) is 0.126. The van der Waals surface area contributed by atoms with Gasteiger partial charge < -0.3 is 4.74 Å². The van der Waals surface area contributed by atoms with E-state index in [1.807, 2.05) is 0 Å². The number of alkyl halides is 1. The van der Waals surface area contributed by atoms with Crippen LogP contribution in [0.5, 0.6) is 0 Å². The molecule has 0 fully saturated rings. The second kappa shape index (κ2) is 4.46. The molecule has 0 saturated heterocycles.